The summed E-state index contributed by atoms with van der Waals surface area (Å²) in [5, 5.41) is 3.15. The zero-order valence-electron chi connectivity index (χ0n) is 13.9. The van der Waals surface area contributed by atoms with E-state index in [1.165, 1.54) is 7.11 Å². The molecule has 6 nitrogen and oxygen atoms in total. The Morgan fingerprint density at radius 2 is 2.12 bits per heavy atom. The number of amides is 1. The Balaban J connectivity index is 1.75. The van der Waals surface area contributed by atoms with E-state index in [-0.39, 0.29) is 12.5 Å². The van der Waals surface area contributed by atoms with Crippen molar-refractivity contribution >= 4 is 28.5 Å². The van der Waals surface area contributed by atoms with Gasteiger partial charge in [-0.05, 0) is 31.2 Å². The summed E-state index contributed by atoms with van der Waals surface area (Å²) in [6, 6.07) is 10.9. The Hall–Kier alpha value is -2.73. The number of benzene rings is 2. The van der Waals surface area contributed by atoms with Crippen LogP contribution in [0.1, 0.15) is 23.1 Å². The highest BCUT2D eigenvalue weighted by Gasteiger charge is 2.16. The molecular weight excluding hydrogens is 342 g/mol. The molecule has 2 N–H and O–H groups in total. The minimum Gasteiger partial charge on any atom is -0.493 e. The third-order valence-electron chi connectivity index (χ3n) is 3.64. The van der Waals surface area contributed by atoms with Crippen LogP contribution < -0.4 is 14.8 Å². The Labute approximate surface area is 150 Å². The standard InChI is InChI=1S/C18H18ClN3O3/c1-3-25-17-12(19)8-11(9-15(17)24-2)18(23)20-10-16-21-13-6-4-5-7-14(13)22-16/h4-9H,3,10H2,1-2H3,(H,20,23)(H,21,22). The van der Waals surface area contributed by atoms with Crippen LogP contribution in [0.3, 0.4) is 0 Å². The molecule has 7 heteroatoms. The molecule has 0 aliphatic rings. The van der Waals surface area contributed by atoms with Crippen molar-refractivity contribution in [2.45, 2.75) is 13.5 Å². The van der Waals surface area contributed by atoms with Gasteiger partial charge in [-0.15, -0.1) is 0 Å². The quantitative estimate of drug-likeness (QED) is 0.705. The second-order valence-electron chi connectivity index (χ2n) is 5.31. The molecule has 0 unspecified atom stereocenters. The average molecular weight is 360 g/mol. The number of methoxy groups -OCH3 is 1. The van der Waals surface area contributed by atoms with Gasteiger partial charge in [0.05, 0.1) is 36.3 Å². The molecule has 0 aliphatic heterocycles. The number of para-hydroxylation sites is 2. The molecule has 25 heavy (non-hydrogen) atoms. The van der Waals surface area contributed by atoms with Gasteiger partial charge in [0, 0.05) is 5.56 Å². The molecule has 0 saturated heterocycles. The summed E-state index contributed by atoms with van der Waals surface area (Å²) in [6.45, 7) is 2.58. The van der Waals surface area contributed by atoms with Gasteiger partial charge < -0.3 is 19.8 Å². The number of aromatic nitrogens is 2. The zero-order valence-corrected chi connectivity index (χ0v) is 14.7. The zero-order chi connectivity index (χ0) is 17.8. The SMILES string of the molecule is CCOc1c(Cl)cc(C(=O)NCc2nc3ccccc3[nH]2)cc1OC. The molecule has 3 rings (SSSR count). The molecule has 1 amide bonds. The molecular formula is C18H18ClN3O3. The lowest BCUT2D eigenvalue weighted by atomic mass is 10.2. The number of H-pyrrole nitrogens is 1. The maximum Gasteiger partial charge on any atom is 0.251 e. The van der Waals surface area contributed by atoms with Crippen LogP contribution in [0.25, 0.3) is 11.0 Å². The number of nitrogens with one attached hydrogen (secondary N) is 2. The first-order valence-electron chi connectivity index (χ1n) is 7.84. The van der Waals surface area contributed by atoms with Crippen molar-refractivity contribution in [3.05, 3.63) is 52.8 Å². The Kier molecular flexibility index (Phi) is 5.09. The van der Waals surface area contributed by atoms with Crippen LogP contribution in [-0.4, -0.2) is 29.6 Å². The van der Waals surface area contributed by atoms with Crippen molar-refractivity contribution in [3.63, 3.8) is 0 Å². The Morgan fingerprint density at radius 3 is 2.84 bits per heavy atom. The fourth-order valence-electron chi connectivity index (χ4n) is 2.49. The molecule has 0 radical (unpaired) electrons. The van der Waals surface area contributed by atoms with Crippen LogP contribution in [0.15, 0.2) is 36.4 Å². The molecule has 0 spiro atoms. The number of hydrogen-bond donors (Lipinski definition) is 2. The number of ether oxygens (including phenoxy) is 2. The van der Waals surface area contributed by atoms with Gasteiger partial charge in [-0.25, -0.2) is 4.98 Å². The van der Waals surface area contributed by atoms with Crippen LogP contribution in [0, 0.1) is 0 Å². The molecule has 0 fully saturated rings. The van der Waals surface area contributed by atoms with E-state index in [0.717, 1.165) is 11.0 Å². The van der Waals surface area contributed by atoms with E-state index >= 15 is 0 Å². The van der Waals surface area contributed by atoms with E-state index < -0.39 is 0 Å². The van der Waals surface area contributed by atoms with Crippen LogP contribution >= 0.6 is 11.6 Å². The number of rotatable bonds is 6. The first-order valence-corrected chi connectivity index (χ1v) is 8.22. The average Bonchev–Trinajstić information content (AvgIpc) is 3.04. The molecule has 2 aromatic carbocycles. The lowest BCUT2D eigenvalue weighted by molar-refractivity contribution is 0.0949. The van der Waals surface area contributed by atoms with Gasteiger partial charge >= 0.3 is 0 Å². The van der Waals surface area contributed by atoms with Crippen LogP contribution in [0.4, 0.5) is 0 Å². The number of hydrogen-bond acceptors (Lipinski definition) is 4. The minimum absolute atomic E-state index is 0.274. The number of halogens is 1. The van der Waals surface area contributed by atoms with Gasteiger partial charge in [0.1, 0.15) is 5.82 Å². The molecule has 130 valence electrons. The van der Waals surface area contributed by atoms with Gasteiger partial charge in [0.25, 0.3) is 5.91 Å². The predicted octanol–water partition coefficient (Wildman–Crippen LogP) is 3.55. The van der Waals surface area contributed by atoms with Gasteiger partial charge in [-0.2, -0.15) is 0 Å². The van der Waals surface area contributed by atoms with Gasteiger partial charge in [0.2, 0.25) is 0 Å². The molecule has 0 atom stereocenters. The minimum atomic E-state index is -0.274. The van der Waals surface area contributed by atoms with Crippen LogP contribution in [0.2, 0.25) is 5.02 Å². The summed E-state index contributed by atoms with van der Waals surface area (Å²) in [6.07, 6.45) is 0. The van der Waals surface area contributed by atoms with Crippen molar-refractivity contribution in [2.75, 3.05) is 13.7 Å². The fraction of sp³-hybridized carbons (Fsp3) is 0.222. The molecule has 3 aromatic rings. The predicted molar refractivity (Wildman–Crippen MR) is 96.4 cm³/mol. The highest BCUT2D eigenvalue weighted by Crippen LogP contribution is 2.36. The fourth-order valence-corrected chi connectivity index (χ4v) is 2.76. The largest absolute Gasteiger partial charge is 0.493 e. The summed E-state index contributed by atoms with van der Waals surface area (Å²) >= 11 is 6.20. The second kappa shape index (κ2) is 7.44. The van der Waals surface area contributed by atoms with Crippen molar-refractivity contribution in [1.82, 2.24) is 15.3 Å². The van der Waals surface area contributed by atoms with E-state index in [4.69, 9.17) is 21.1 Å². The summed E-state index contributed by atoms with van der Waals surface area (Å²) < 4.78 is 10.7. The second-order valence-corrected chi connectivity index (χ2v) is 5.71. The molecule has 0 saturated carbocycles. The van der Waals surface area contributed by atoms with Crippen molar-refractivity contribution in [2.24, 2.45) is 0 Å². The molecule has 0 aliphatic carbocycles. The topological polar surface area (TPSA) is 76.2 Å². The summed E-state index contributed by atoms with van der Waals surface area (Å²) in [7, 11) is 1.50. The number of carbonyl (C=O) groups excluding carboxylic acids is 1. The van der Waals surface area contributed by atoms with Crippen LogP contribution in [0.5, 0.6) is 11.5 Å². The van der Waals surface area contributed by atoms with E-state index in [9.17, 15) is 4.79 Å². The van der Waals surface area contributed by atoms with Crippen molar-refractivity contribution < 1.29 is 14.3 Å². The molecule has 0 bridgehead atoms. The first kappa shape index (κ1) is 17.1. The summed E-state index contributed by atoms with van der Waals surface area (Å²) in [5.74, 6) is 1.26. The number of nitrogens with zero attached hydrogens (tertiary/aromatic N) is 1. The third kappa shape index (κ3) is 3.69. The highest BCUT2D eigenvalue weighted by atomic mass is 35.5. The summed E-state index contributed by atoms with van der Waals surface area (Å²) in [4.78, 5) is 20.0. The van der Waals surface area contributed by atoms with E-state index in [0.29, 0.717) is 34.5 Å². The highest BCUT2D eigenvalue weighted by molar-refractivity contribution is 6.32. The monoisotopic (exact) mass is 359 g/mol. The van der Waals surface area contributed by atoms with E-state index in [1.807, 2.05) is 31.2 Å². The molecule has 1 heterocycles. The normalized spacial score (nSPS) is 10.7. The lowest BCUT2D eigenvalue weighted by Crippen LogP contribution is -2.23. The Bertz CT molecular complexity index is 875. The third-order valence-corrected chi connectivity index (χ3v) is 3.92. The smallest absolute Gasteiger partial charge is 0.251 e. The lowest BCUT2D eigenvalue weighted by Gasteiger charge is -2.13. The number of fused-ring (bicyclic) bond motifs is 1. The number of imidazole rings is 1. The van der Waals surface area contributed by atoms with E-state index in [1.54, 1.807) is 12.1 Å². The maximum atomic E-state index is 12.4. The van der Waals surface area contributed by atoms with Crippen molar-refractivity contribution in [3.8, 4) is 11.5 Å². The maximum absolute atomic E-state index is 12.4. The van der Waals surface area contributed by atoms with Gasteiger partial charge in [-0.3, -0.25) is 4.79 Å². The number of carbonyl (C=O) groups is 1. The van der Waals surface area contributed by atoms with Crippen molar-refractivity contribution in [1.29, 1.82) is 0 Å². The van der Waals surface area contributed by atoms with E-state index in [2.05, 4.69) is 15.3 Å². The summed E-state index contributed by atoms with van der Waals surface area (Å²) in [5.41, 5.74) is 2.18. The number of aromatic amines is 1. The Morgan fingerprint density at radius 1 is 1.32 bits per heavy atom. The molecule has 1 aromatic heterocycles. The van der Waals surface area contributed by atoms with Crippen LogP contribution in [-0.2, 0) is 6.54 Å². The van der Waals surface area contributed by atoms with Gasteiger partial charge in [-0.1, -0.05) is 23.7 Å². The van der Waals surface area contributed by atoms with Gasteiger partial charge in [0.15, 0.2) is 11.5 Å². The first-order chi connectivity index (χ1) is 12.1.